The van der Waals surface area contributed by atoms with Gasteiger partial charge in [-0.3, -0.25) is 0 Å². The fourth-order valence-corrected chi connectivity index (χ4v) is 4.96. The van der Waals surface area contributed by atoms with Crippen molar-refractivity contribution in [3.05, 3.63) is 144 Å². The minimum atomic E-state index is -0.762. The van der Waals surface area contributed by atoms with Crippen molar-refractivity contribution in [3.8, 4) is 0 Å². The van der Waals surface area contributed by atoms with E-state index in [0.717, 1.165) is 41.7 Å². The van der Waals surface area contributed by atoms with Crippen molar-refractivity contribution in [3.63, 3.8) is 0 Å². The van der Waals surface area contributed by atoms with Crippen LogP contribution in [0.2, 0.25) is 0 Å². The smallest absolute Gasteiger partial charge is 0.143 e. The molecule has 1 atom stereocenters. The fraction of sp³-hybridized carbons (Fsp3) is 0.250. The van der Waals surface area contributed by atoms with Crippen LogP contribution in [0, 0.1) is 0 Å². The molecule has 0 aliphatic carbocycles. The number of hydrogen-bond acceptors (Lipinski definition) is 3. The van der Waals surface area contributed by atoms with Gasteiger partial charge in [-0.2, -0.15) is 0 Å². The molecule has 3 nitrogen and oxygen atoms in total. The van der Waals surface area contributed by atoms with Crippen molar-refractivity contribution < 1.29 is 14.2 Å². The Morgan fingerprint density at radius 2 is 1.11 bits per heavy atom. The van der Waals surface area contributed by atoms with Crippen molar-refractivity contribution in [1.82, 2.24) is 0 Å². The molecule has 1 saturated heterocycles. The third kappa shape index (κ3) is 5.23. The zero-order valence-corrected chi connectivity index (χ0v) is 20.0. The molecule has 5 rings (SSSR count). The second-order valence-corrected chi connectivity index (χ2v) is 9.18. The molecule has 178 valence electrons. The highest BCUT2D eigenvalue weighted by Gasteiger charge is 2.43. The number of ether oxygens (including phenoxy) is 3. The maximum Gasteiger partial charge on any atom is 0.143 e. The molecule has 0 N–H and O–H groups in total. The number of hydrogen-bond donors (Lipinski definition) is 0. The third-order valence-corrected chi connectivity index (χ3v) is 6.75. The van der Waals surface area contributed by atoms with E-state index in [9.17, 15) is 0 Å². The molecular formula is C32H32O3. The first-order valence-corrected chi connectivity index (χ1v) is 12.4. The lowest BCUT2D eigenvalue weighted by atomic mass is 9.80. The molecular weight excluding hydrogens is 432 g/mol. The topological polar surface area (TPSA) is 27.7 Å². The Balaban J connectivity index is 1.47. The summed E-state index contributed by atoms with van der Waals surface area (Å²) in [5.41, 5.74) is 3.21. The van der Waals surface area contributed by atoms with Crippen molar-refractivity contribution in [2.24, 2.45) is 0 Å². The Labute approximate surface area is 208 Å². The lowest BCUT2D eigenvalue weighted by molar-refractivity contribution is -0.135. The normalized spacial score (nSPS) is 17.9. The Morgan fingerprint density at radius 3 is 1.57 bits per heavy atom. The molecule has 3 heteroatoms. The molecule has 1 fully saturated rings. The molecule has 0 radical (unpaired) electrons. The highest BCUT2D eigenvalue weighted by Crippen LogP contribution is 2.42. The van der Waals surface area contributed by atoms with Gasteiger partial charge < -0.3 is 14.2 Å². The summed E-state index contributed by atoms with van der Waals surface area (Å²) in [4.78, 5) is 0. The van der Waals surface area contributed by atoms with Crippen LogP contribution in [0.4, 0.5) is 0 Å². The van der Waals surface area contributed by atoms with E-state index in [1.54, 1.807) is 0 Å². The van der Waals surface area contributed by atoms with Crippen molar-refractivity contribution in [1.29, 1.82) is 0 Å². The summed E-state index contributed by atoms with van der Waals surface area (Å²) in [6.07, 6.45) is 1.92. The maximum absolute atomic E-state index is 7.07. The van der Waals surface area contributed by atoms with Gasteiger partial charge in [0.2, 0.25) is 0 Å². The van der Waals surface area contributed by atoms with E-state index in [1.807, 2.05) is 36.4 Å². The Kier molecular flexibility index (Phi) is 7.39. The molecule has 4 aromatic rings. The van der Waals surface area contributed by atoms with Crippen LogP contribution in [0.25, 0.3) is 0 Å². The first kappa shape index (κ1) is 23.5. The summed E-state index contributed by atoms with van der Waals surface area (Å²) in [6, 6.07) is 41.7. The summed E-state index contributed by atoms with van der Waals surface area (Å²) in [5.74, 6) is 0. The first-order valence-electron chi connectivity index (χ1n) is 12.4. The highest BCUT2D eigenvalue weighted by molar-refractivity contribution is 5.47. The number of rotatable bonds is 10. The van der Waals surface area contributed by atoms with Gasteiger partial charge in [-0.1, -0.05) is 121 Å². The SMILES string of the molecule is c1ccc(COC[C@]2(COC(c3ccccc3)(c3ccccc3)c3ccccc3)CCCO2)cc1. The van der Waals surface area contributed by atoms with Gasteiger partial charge in [0.25, 0.3) is 0 Å². The second-order valence-electron chi connectivity index (χ2n) is 9.18. The molecule has 1 aliphatic rings. The van der Waals surface area contributed by atoms with E-state index in [4.69, 9.17) is 14.2 Å². The lowest BCUT2D eigenvalue weighted by Gasteiger charge is -2.39. The van der Waals surface area contributed by atoms with Crippen molar-refractivity contribution in [2.45, 2.75) is 30.7 Å². The molecule has 0 bridgehead atoms. The Morgan fingerprint density at radius 1 is 0.629 bits per heavy atom. The monoisotopic (exact) mass is 464 g/mol. The van der Waals surface area contributed by atoms with Crippen LogP contribution < -0.4 is 0 Å². The molecule has 1 heterocycles. The lowest BCUT2D eigenvalue weighted by Crippen LogP contribution is -2.44. The summed E-state index contributed by atoms with van der Waals surface area (Å²) in [5, 5.41) is 0. The van der Waals surface area contributed by atoms with E-state index in [2.05, 4.69) is 84.9 Å². The first-order chi connectivity index (χ1) is 17.3. The van der Waals surface area contributed by atoms with Gasteiger partial charge in [-0.25, -0.2) is 0 Å². The van der Waals surface area contributed by atoms with Crippen LogP contribution in [0.15, 0.2) is 121 Å². The van der Waals surface area contributed by atoms with Gasteiger partial charge in [0.05, 0.1) is 19.8 Å². The van der Waals surface area contributed by atoms with Crippen LogP contribution in [0.1, 0.15) is 35.1 Å². The predicted molar refractivity (Wildman–Crippen MR) is 139 cm³/mol. The summed E-state index contributed by atoms with van der Waals surface area (Å²) >= 11 is 0. The van der Waals surface area contributed by atoms with Crippen molar-refractivity contribution >= 4 is 0 Å². The van der Waals surface area contributed by atoms with Gasteiger partial charge >= 0.3 is 0 Å². The molecule has 0 unspecified atom stereocenters. The summed E-state index contributed by atoms with van der Waals surface area (Å²) in [7, 11) is 0. The molecule has 0 spiro atoms. The van der Waals surface area contributed by atoms with Gasteiger partial charge in [0, 0.05) is 6.61 Å². The van der Waals surface area contributed by atoms with Crippen LogP contribution in [-0.2, 0) is 26.4 Å². The molecule has 1 aliphatic heterocycles. The largest absolute Gasteiger partial charge is 0.374 e. The maximum atomic E-state index is 7.07. The zero-order valence-electron chi connectivity index (χ0n) is 20.0. The molecule has 0 saturated carbocycles. The number of benzene rings is 4. The van der Waals surface area contributed by atoms with E-state index in [-0.39, 0.29) is 0 Å². The van der Waals surface area contributed by atoms with Gasteiger partial charge in [-0.05, 0) is 35.1 Å². The average Bonchev–Trinajstić information content (AvgIpc) is 3.40. The fourth-order valence-electron chi connectivity index (χ4n) is 4.96. The standard InChI is InChI=1S/C32H32O3/c1-5-14-27(15-6-1)24-33-25-31(22-13-23-34-31)26-35-32(28-16-7-2-8-17-28,29-18-9-3-10-19-29)30-20-11-4-12-21-30/h1-12,14-21H,13,22-26H2/t31-/m0/s1. The van der Waals surface area contributed by atoms with Crippen LogP contribution in [0.5, 0.6) is 0 Å². The zero-order chi connectivity index (χ0) is 23.8. The molecule has 35 heavy (non-hydrogen) atoms. The van der Waals surface area contributed by atoms with E-state index in [1.165, 1.54) is 0 Å². The summed E-state index contributed by atoms with van der Waals surface area (Å²) in [6.45, 7) is 2.22. The van der Waals surface area contributed by atoms with Gasteiger partial charge in [0.15, 0.2) is 0 Å². The van der Waals surface area contributed by atoms with Crippen LogP contribution in [0.3, 0.4) is 0 Å². The van der Waals surface area contributed by atoms with E-state index >= 15 is 0 Å². The summed E-state index contributed by atoms with van der Waals surface area (Å²) < 4.78 is 19.6. The third-order valence-electron chi connectivity index (χ3n) is 6.75. The van der Waals surface area contributed by atoms with Crippen molar-refractivity contribution in [2.75, 3.05) is 19.8 Å². The quantitative estimate of drug-likeness (QED) is 0.243. The Bertz CT molecular complexity index is 1060. The average molecular weight is 465 g/mol. The van der Waals surface area contributed by atoms with E-state index < -0.39 is 11.2 Å². The molecule has 0 aromatic heterocycles. The minimum absolute atomic E-state index is 0.431. The predicted octanol–water partition coefficient (Wildman–Crippen LogP) is 6.76. The molecule has 4 aromatic carbocycles. The molecule has 0 amide bonds. The van der Waals surface area contributed by atoms with E-state index in [0.29, 0.717) is 19.8 Å². The van der Waals surface area contributed by atoms with Gasteiger partial charge in [0.1, 0.15) is 11.2 Å². The van der Waals surface area contributed by atoms with Gasteiger partial charge in [-0.15, -0.1) is 0 Å². The van der Waals surface area contributed by atoms with Crippen LogP contribution in [-0.4, -0.2) is 25.4 Å². The Hall–Kier alpha value is -3.24. The highest BCUT2D eigenvalue weighted by atomic mass is 16.6. The second kappa shape index (κ2) is 11.0. The van der Waals surface area contributed by atoms with Crippen LogP contribution >= 0.6 is 0 Å². The minimum Gasteiger partial charge on any atom is -0.374 e.